The number of nitrogens with zero attached hydrogens (tertiary/aromatic N) is 3. The Morgan fingerprint density at radius 2 is 1.92 bits per heavy atom. The number of fused-ring (bicyclic) bond motifs is 2. The van der Waals surface area contributed by atoms with Crippen molar-refractivity contribution in [3.8, 4) is 0 Å². The highest BCUT2D eigenvalue weighted by Gasteiger charge is 2.30. The third-order valence-corrected chi connectivity index (χ3v) is 9.53. The fraction of sp³-hybridized carbons (Fsp3) is 0.552. The molecule has 8 heteroatoms. The van der Waals surface area contributed by atoms with E-state index in [1.807, 2.05) is 12.1 Å². The lowest BCUT2D eigenvalue weighted by Crippen LogP contribution is -2.38. The van der Waals surface area contributed by atoms with Gasteiger partial charge in [-0.2, -0.15) is 0 Å². The van der Waals surface area contributed by atoms with E-state index in [0.717, 1.165) is 78.5 Å². The van der Waals surface area contributed by atoms with Crippen LogP contribution < -0.4 is 5.32 Å². The lowest BCUT2D eigenvalue weighted by molar-refractivity contribution is 0.0795. The van der Waals surface area contributed by atoms with Crippen molar-refractivity contribution in [3.63, 3.8) is 0 Å². The topological polar surface area (TPSA) is 78.4 Å². The average molecular weight is 586 g/mol. The van der Waals surface area contributed by atoms with Gasteiger partial charge in [-0.25, -0.2) is 9.97 Å². The molecule has 2 aliphatic rings. The summed E-state index contributed by atoms with van der Waals surface area (Å²) in [6.07, 6.45) is 5.42. The molecule has 2 aromatic heterocycles. The number of amides is 1. The molecule has 0 bridgehead atoms. The van der Waals surface area contributed by atoms with E-state index >= 15 is 0 Å². The van der Waals surface area contributed by atoms with E-state index in [1.54, 1.807) is 0 Å². The lowest BCUT2D eigenvalue weighted by Gasteiger charge is -2.34. The molecule has 2 N–H and O–H groups in total. The fourth-order valence-corrected chi connectivity index (χ4v) is 6.65. The van der Waals surface area contributed by atoms with Crippen LogP contribution in [0.3, 0.4) is 0 Å². The van der Waals surface area contributed by atoms with E-state index in [9.17, 15) is 9.90 Å². The van der Waals surface area contributed by atoms with Crippen LogP contribution in [0.25, 0.3) is 10.3 Å². The van der Waals surface area contributed by atoms with Gasteiger partial charge in [0.25, 0.3) is 5.91 Å². The zero-order valence-electron chi connectivity index (χ0n) is 22.0. The highest BCUT2D eigenvalue weighted by Crippen LogP contribution is 2.38. The summed E-state index contributed by atoms with van der Waals surface area (Å²) in [4.78, 5) is 26.3. The summed E-state index contributed by atoms with van der Waals surface area (Å²) in [5.41, 5.74) is 4.64. The van der Waals surface area contributed by atoms with Crippen LogP contribution in [0.1, 0.15) is 79.1 Å². The number of benzene rings is 1. The fourth-order valence-electron chi connectivity index (χ4n) is 5.54. The molecular formula is C29H37BrN4O2S. The Labute approximate surface area is 232 Å². The number of thiazole rings is 1. The molecule has 198 valence electrons. The molecule has 3 aromatic rings. The Balaban J connectivity index is 1.32. The van der Waals surface area contributed by atoms with Crippen LogP contribution in [-0.4, -0.2) is 51.6 Å². The number of likely N-dealkylation sites (tertiary alicyclic amines) is 1. The predicted octanol–water partition coefficient (Wildman–Crippen LogP) is 5.92. The molecule has 1 aliphatic carbocycles. The van der Waals surface area contributed by atoms with Gasteiger partial charge in [0.05, 0.1) is 12.1 Å². The number of aryl methyl sites for hydroxylation is 1. The smallest absolute Gasteiger partial charge is 0.280 e. The number of piperidine rings is 1. The molecule has 6 nitrogen and oxygen atoms in total. The molecule has 2 atom stereocenters. The Bertz CT molecular complexity index is 1250. The van der Waals surface area contributed by atoms with Gasteiger partial charge in [-0.05, 0) is 79.2 Å². The quantitative estimate of drug-likeness (QED) is 0.376. The van der Waals surface area contributed by atoms with Crippen molar-refractivity contribution in [2.24, 2.45) is 11.3 Å². The molecule has 1 aliphatic heterocycles. The van der Waals surface area contributed by atoms with Gasteiger partial charge in [-0.3, -0.25) is 4.79 Å². The van der Waals surface area contributed by atoms with Gasteiger partial charge in [0, 0.05) is 29.8 Å². The summed E-state index contributed by atoms with van der Waals surface area (Å²) >= 11 is 4.91. The molecular weight excluding hydrogens is 548 g/mol. The number of pyridine rings is 1. The van der Waals surface area contributed by atoms with Crippen LogP contribution in [0.4, 0.5) is 0 Å². The summed E-state index contributed by atoms with van der Waals surface area (Å²) in [5.74, 6) is 0.492. The van der Waals surface area contributed by atoms with Crippen molar-refractivity contribution >= 4 is 43.5 Å². The van der Waals surface area contributed by atoms with Gasteiger partial charge in [-0.1, -0.05) is 60.2 Å². The van der Waals surface area contributed by atoms with Crippen molar-refractivity contribution in [1.82, 2.24) is 20.2 Å². The van der Waals surface area contributed by atoms with Crippen LogP contribution >= 0.6 is 27.3 Å². The van der Waals surface area contributed by atoms with E-state index in [2.05, 4.69) is 65.1 Å². The number of hydrogen-bond acceptors (Lipinski definition) is 6. The number of aliphatic hydroxyl groups excluding tert-OH is 1. The van der Waals surface area contributed by atoms with E-state index in [-0.39, 0.29) is 23.5 Å². The highest BCUT2D eigenvalue weighted by atomic mass is 79.9. The Kier molecular flexibility index (Phi) is 8.01. The molecule has 0 radical (unpaired) electrons. The van der Waals surface area contributed by atoms with Crippen LogP contribution in [0.2, 0.25) is 0 Å². The zero-order valence-corrected chi connectivity index (χ0v) is 24.4. The number of rotatable bonds is 6. The summed E-state index contributed by atoms with van der Waals surface area (Å²) in [7, 11) is 0. The Hall–Kier alpha value is -1.87. The first-order chi connectivity index (χ1) is 17.7. The monoisotopic (exact) mass is 584 g/mol. The molecule has 0 spiro atoms. The van der Waals surface area contributed by atoms with Crippen molar-refractivity contribution < 1.29 is 9.90 Å². The third kappa shape index (κ3) is 6.41. The van der Waals surface area contributed by atoms with E-state index in [0.29, 0.717) is 10.9 Å². The molecule has 0 saturated carbocycles. The number of aromatic nitrogens is 2. The summed E-state index contributed by atoms with van der Waals surface area (Å²) < 4.78 is 1.02. The average Bonchev–Trinajstić information content (AvgIpc) is 3.28. The molecule has 3 heterocycles. The molecule has 1 amide bonds. The predicted molar refractivity (Wildman–Crippen MR) is 153 cm³/mol. The molecule has 37 heavy (non-hydrogen) atoms. The zero-order chi connectivity index (χ0) is 26.2. The Morgan fingerprint density at radius 1 is 1.19 bits per heavy atom. The minimum atomic E-state index is -0.184. The molecule has 1 aromatic carbocycles. The Morgan fingerprint density at radius 3 is 2.62 bits per heavy atom. The number of carbonyl (C=O) groups excluding carboxylic acids is 1. The van der Waals surface area contributed by atoms with E-state index in [1.165, 1.54) is 22.6 Å². The molecule has 1 fully saturated rings. The normalized spacial score (nSPS) is 20.1. The second kappa shape index (κ2) is 11.1. The van der Waals surface area contributed by atoms with Crippen molar-refractivity contribution in [2.45, 2.75) is 71.4 Å². The standard InChI is InChI=1S/C29H37BrN4O2S/c1-29(2,3)20-6-9-23-19(16-20)17-25-27(32-23)37-28(33-25)26(36)31-24(18-4-7-21(30)8-5-18)12-15-34-13-10-22(35)11-14-34/h4-5,7-8,17,20,22,24,35H,6,9-16H2,1-3H3,(H,31,36)/t20?,24-/m1/s1. The first-order valence-electron chi connectivity index (χ1n) is 13.4. The number of aliphatic hydroxyl groups is 1. The van der Waals surface area contributed by atoms with Crippen molar-refractivity contribution in [3.05, 3.63) is 56.6 Å². The maximum Gasteiger partial charge on any atom is 0.280 e. The van der Waals surface area contributed by atoms with Gasteiger partial charge in [0.1, 0.15) is 10.3 Å². The van der Waals surface area contributed by atoms with Gasteiger partial charge in [-0.15, -0.1) is 0 Å². The van der Waals surface area contributed by atoms with Crippen LogP contribution in [0, 0.1) is 11.3 Å². The van der Waals surface area contributed by atoms with Gasteiger partial charge in [0.2, 0.25) is 0 Å². The summed E-state index contributed by atoms with van der Waals surface area (Å²) in [6.45, 7) is 9.61. The minimum absolute atomic E-state index is 0.117. The summed E-state index contributed by atoms with van der Waals surface area (Å²) in [5, 5.41) is 13.6. The van der Waals surface area contributed by atoms with Crippen LogP contribution in [-0.2, 0) is 12.8 Å². The molecule has 1 unspecified atom stereocenters. The van der Waals surface area contributed by atoms with Crippen LogP contribution in [0.15, 0.2) is 34.8 Å². The maximum atomic E-state index is 13.4. The molecule has 1 saturated heterocycles. The third-order valence-electron chi connectivity index (χ3n) is 8.04. The van der Waals surface area contributed by atoms with Gasteiger partial charge >= 0.3 is 0 Å². The number of carbonyl (C=O) groups is 1. The second-order valence-electron chi connectivity index (χ2n) is 11.7. The first-order valence-corrected chi connectivity index (χ1v) is 15.0. The SMILES string of the molecule is CC(C)(C)C1CCc2nc3sc(C(=O)N[C@H](CCN4CCC(O)CC4)c4ccc(Br)cc4)nc3cc2C1. The second-order valence-corrected chi connectivity index (χ2v) is 13.6. The van der Waals surface area contributed by atoms with E-state index < -0.39 is 0 Å². The van der Waals surface area contributed by atoms with Gasteiger partial charge in [0.15, 0.2) is 5.01 Å². The van der Waals surface area contributed by atoms with Crippen LogP contribution in [0.5, 0.6) is 0 Å². The minimum Gasteiger partial charge on any atom is -0.393 e. The van der Waals surface area contributed by atoms with Crippen molar-refractivity contribution in [1.29, 1.82) is 0 Å². The lowest BCUT2D eigenvalue weighted by atomic mass is 9.71. The number of nitrogens with one attached hydrogen (secondary N) is 1. The van der Waals surface area contributed by atoms with Gasteiger partial charge < -0.3 is 15.3 Å². The highest BCUT2D eigenvalue weighted by molar-refractivity contribution is 9.10. The summed E-state index contributed by atoms with van der Waals surface area (Å²) in [6, 6.07) is 10.2. The van der Waals surface area contributed by atoms with E-state index in [4.69, 9.17) is 9.97 Å². The largest absolute Gasteiger partial charge is 0.393 e. The maximum absolute atomic E-state index is 13.4. The van der Waals surface area contributed by atoms with Crippen molar-refractivity contribution in [2.75, 3.05) is 19.6 Å². The first kappa shape index (κ1) is 26.7. The number of halogens is 1. The molecule has 5 rings (SSSR count). The number of hydrogen-bond donors (Lipinski definition) is 2.